The molecule has 1 aromatic heterocycles. The standard InChI is InChI=1S/C21H21N5O3/c1-14-23-24-25-26(14)19(11-15-6-5-8-17(10-15)28-2)21(27)22-13-18-12-16-7-3-4-9-20(16)29-18/h3-11,18H,12-13H2,1-2H3,(H,22,27)/b19-11-. The van der Waals surface area contributed by atoms with Crippen molar-refractivity contribution in [3.63, 3.8) is 0 Å². The quantitative estimate of drug-likeness (QED) is 0.647. The fourth-order valence-electron chi connectivity index (χ4n) is 3.23. The van der Waals surface area contributed by atoms with Crippen molar-refractivity contribution in [1.29, 1.82) is 0 Å². The minimum Gasteiger partial charge on any atom is -0.497 e. The number of carbonyl (C=O) groups excluding carboxylic acids is 1. The third-order valence-electron chi connectivity index (χ3n) is 4.69. The Morgan fingerprint density at radius 3 is 2.93 bits per heavy atom. The number of aromatic nitrogens is 4. The molecule has 148 valence electrons. The van der Waals surface area contributed by atoms with E-state index in [1.165, 1.54) is 4.68 Å². The van der Waals surface area contributed by atoms with Crippen molar-refractivity contribution in [3.8, 4) is 11.5 Å². The highest BCUT2D eigenvalue weighted by molar-refractivity contribution is 6.18. The fourth-order valence-corrected chi connectivity index (χ4v) is 3.23. The summed E-state index contributed by atoms with van der Waals surface area (Å²) in [4.78, 5) is 13.0. The lowest BCUT2D eigenvalue weighted by atomic mass is 10.1. The van der Waals surface area contributed by atoms with Crippen molar-refractivity contribution >= 4 is 17.7 Å². The van der Waals surface area contributed by atoms with Gasteiger partial charge in [-0.1, -0.05) is 30.3 Å². The van der Waals surface area contributed by atoms with Crippen LogP contribution < -0.4 is 14.8 Å². The molecule has 0 spiro atoms. The molecule has 2 heterocycles. The normalized spacial score (nSPS) is 15.5. The molecule has 0 saturated carbocycles. The fraction of sp³-hybridized carbons (Fsp3) is 0.238. The summed E-state index contributed by atoms with van der Waals surface area (Å²) in [5.41, 5.74) is 2.26. The zero-order valence-corrected chi connectivity index (χ0v) is 16.2. The van der Waals surface area contributed by atoms with Gasteiger partial charge in [0.2, 0.25) is 0 Å². The number of nitrogens with zero attached hydrogens (tertiary/aromatic N) is 4. The van der Waals surface area contributed by atoms with Crippen molar-refractivity contribution in [2.75, 3.05) is 13.7 Å². The Morgan fingerprint density at radius 1 is 1.31 bits per heavy atom. The van der Waals surface area contributed by atoms with E-state index < -0.39 is 0 Å². The summed E-state index contributed by atoms with van der Waals surface area (Å²) < 4.78 is 12.6. The summed E-state index contributed by atoms with van der Waals surface area (Å²) in [6, 6.07) is 15.3. The van der Waals surface area contributed by atoms with Gasteiger partial charge >= 0.3 is 0 Å². The van der Waals surface area contributed by atoms with Crippen molar-refractivity contribution in [3.05, 3.63) is 65.5 Å². The number of amides is 1. The number of fused-ring (bicyclic) bond motifs is 1. The Kier molecular flexibility index (Phi) is 5.24. The van der Waals surface area contributed by atoms with E-state index in [1.54, 1.807) is 20.1 Å². The van der Waals surface area contributed by atoms with Gasteiger partial charge in [-0.25, -0.2) is 0 Å². The molecular weight excluding hydrogens is 370 g/mol. The first-order valence-corrected chi connectivity index (χ1v) is 9.28. The third-order valence-corrected chi connectivity index (χ3v) is 4.69. The highest BCUT2D eigenvalue weighted by Gasteiger charge is 2.24. The number of hydrogen-bond donors (Lipinski definition) is 1. The molecule has 0 radical (unpaired) electrons. The first kappa shape index (κ1) is 18.7. The molecule has 0 aliphatic carbocycles. The van der Waals surface area contributed by atoms with E-state index in [2.05, 4.69) is 20.8 Å². The zero-order valence-electron chi connectivity index (χ0n) is 16.2. The summed E-state index contributed by atoms with van der Waals surface area (Å²) in [5.74, 6) is 1.79. The smallest absolute Gasteiger partial charge is 0.270 e. The third kappa shape index (κ3) is 4.11. The lowest BCUT2D eigenvalue weighted by Crippen LogP contribution is -2.36. The number of hydrogen-bond acceptors (Lipinski definition) is 6. The van der Waals surface area contributed by atoms with Crippen molar-refractivity contribution in [2.24, 2.45) is 0 Å². The number of para-hydroxylation sites is 1. The predicted octanol–water partition coefficient (Wildman–Crippen LogP) is 2.11. The van der Waals surface area contributed by atoms with Crippen LogP contribution in [0.15, 0.2) is 48.5 Å². The van der Waals surface area contributed by atoms with Gasteiger partial charge < -0.3 is 14.8 Å². The molecule has 29 heavy (non-hydrogen) atoms. The number of rotatable bonds is 6. The van der Waals surface area contributed by atoms with Gasteiger partial charge in [-0.3, -0.25) is 4.79 Å². The predicted molar refractivity (Wildman–Crippen MR) is 107 cm³/mol. The summed E-state index contributed by atoms with van der Waals surface area (Å²) in [6.07, 6.45) is 2.38. The second kappa shape index (κ2) is 8.14. The SMILES string of the molecule is COc1cccc(/C=C(/C(=O)NCC2Cc3ccccc3O2)n2nnnc2C)c1. The van der Waals surface area contributed by atoms with E-state index in [1.807, 2.05) is 48.5 Å². The summed E-state index contributed by atoms with van der Waals surface area (Å²) in [6.45, 7) is 2.12. The van der Waals surface area contributed by atoms with Gasteiger partial charge in [-0.05, 0) is 52.8 Å². The molecule has 1 aliphatic rings. The monoisotopic (exact) mass is 391 g/mol. The number of nitrogens with one attached hydrogen (secondary N) is 1. The lowest BCUT2D eigenvalue weighted by molar-refractivity contribution is -0.116. The van der Waals surface area contributed by atoms with Crippen LogP contribution in [0.25, 0.3) is 11.8 Å². The molecule has 0 fully saturated rings. The molecule has 1 N–H and O–H groups in total. The van der Waals surface area contributed by atoms with Gasteiger partial charge in [0.05, 0.1) is 13.7 Å². The van der Waals surface area contributed by atoms with E-state index in [4.69, 9.17) is 9.47 Å². The molecule has 1 unspecified atom stereocenters. The van der Waals surface area contributed by atoms with Gasteiger partial charge in [0, 0.05) is 6.42 Å². The zero-order chi connectivity index (χ0) is 20.2. The molecule has 8 heteroatoms. The van der Waals surface area contributed by atoms with Crippen molar-refractivity contribution in [2.45, 2.75) is 19.4 Å². The van der Waals surface area contributed by atoms with E-state index in [0.717, 1.165) is 23.3 Å². The number of benzene rings is 2. The number of tetrazole rings is 1. The second-order valence-electron chi connectivity index (χ2n) is 6.71. The van der Waals surface area contributed by atoms with Crippen LogP contribution in [0, 0.1) is 6.92 Å². The summed E-state index contributed by atoms with van der Waals surface area (Å²) in [5, 5.41) is 14.4. The van der Waals surface area contributed by atoms with Crippen LogP contribution in [-0.4, -0.2) is 45.9 Å². The van der Waals surface area contributed by atoms with Crippen LogP contribution in [0.4, 0.5) is 0 Å². The minimum atomic E-state index is -0.289. The van der Waals surface area contributed by atoms with E-state index in [-0.39, 0.29) is 12.0 Å². The van der Waals surface area contributed by atoms with Crippen LogP contribution in [0.1, 0.15) is 17.0 Å². The van der Waals surface area contributed by atoms with Crippen molar-refractivity contribution < 1.29 is 14.3 Å². The average Bonchev–Trinajstić information content (AvgIpc) is 3.36. The first-order valence-electron chi connectivity index (χ1n) is 9.28. The number of carbonyl (C=O) groups is 1. The van der Waals surface area contributed by atoms with Crippen LogP contribution in [0.2, 0.25) is 0 Å². The highest BCUT2D eigenvalue weighted by atomic mass is 16.5. The summed E-state index contributed by atoms with van der Waals surface area (Å²) >= 11 is 0. The molecule has 1 atom stereocenters. The Bertz CT molecular complexity index is 1030. The first-order chi connectivity index (χ1) is 14.1. The lowest BCUT2D eigenvalue weighted by Gasteiger charge is -2.14. The highest BCUT2D eigenvalue weighted by Crippen LogP contribution is 2.27. The molecule has 1 aliphatic heterocycles. The van der Waals surface area contributed by atoms with Crippen molar-refractivity contribution in [1.82, 2.24) is 25.5 Å². The maximum atomic E-state index is 13.0. The molecule has 1 amide bonds. The van der Waals surface area contributed by atoms with Gasteiger partial charge in [0.25, 0.3) is 5.91 Å². The van der Waals surface area contributed by atoms with Crippen LogP contribution in [0.3, 0.4) is 0 Å². The average molecular weight is 391 g/mol. The number of methoxy groups -OCH3 is 1. The van der Waals surface area contributed by atoms with Gasteiger partial charge in [0.1, 0.15) is 23.3 Å². The maximum absolute atomic E-state index is 13.0. The van der Waals surface area contributed by atoms with E-state index >= 15 is 0 Å². The largest absolute Gasteiger partial charge is 0.497 e. The Labute approximate surface area is 168 Å². The van der Waals surface area contributed by atoms with Gasteiger partial charge in [-0.15, -0.1) is 5.10 Å². The molecule has 3 aromatic rings. The summed E-state index contributed by atoms with van der Waals surface area (Å²) in [7, 11) is 1.60. The Hall–Kier alpha value is -3.68. The van der Waals surface area contributed by atoms with Crippen LogP contribution in [0.5, 0.6) is 11.5 Å². The van der Waals surface area contributed by atoms with Crippen LogP contribution >= 0.6 is 0 Å². The Balaban J connectivity index is 1.53. The van der Waals surface area contributed by atoms with Crippen LogP contribution in [-0.2, 0) is 11.2 Å². The molecule has 0 saturated heterocycles. The second-order valence-corrected chi connectivity index (χ2v) is 6.71. The number of ether oxygens (including phenoxy) is 2. The molecular formula is C21H21N5O3. The van der Waals surface area contributed by atoms with Gasteiger partial charge in [-0.2, -0.15) is 4.68 Å². The Morgan fingerprint density at radius 2 is 2.17 bits per heavy atom. The molecule has 4 rings (SSSR count). The maximum Gasteiger partial charge on any atom is 0.270 e. The van der Waals surface area contributed by atoms with E-state index in [9.17, 15) is 4.79 Å². The molecule has 0 bridgehead atoms. The van der Waals surface area contributed by atoms with E-state index in [0.29, 0.717) is 23.8 Å². The molecule has 8 nitrogen and oxygen atoms in total. The molecule has 2 aromatic carbocycles. The van der Waals surface area contributed by atoms with Gasteiger partial charge in [0.15, 0.2) is 5.82 Å². The minimum absolute atomic E-state index is 0.107. The topological polar surface area (TPSA) is 91.2 Å². The number of aryl methyl sites for hydroxylation is 1.